The van der Waals surface area contributed by atoms with Crippen molar-refractivity contribution in [3.8, 4) is 16.9 Å². The number of aromatic hydroxyl groups is 1. The zero-order valence-electron chi connectivity index (χ0n) is 33.4. The van der Waals surface area contributed by atoms with Gasteiger partial charge < -0.3 is 40.7 Å². The molecule has 61 heavy (non-hydrogen) atoms. The van der Waals surface area contributed by atoms with E-state index in [1.165, 1.54) is 44.6 Å². The number of phenolic OH excluding ortho intramolecular Hbond substituents is 1. The molecule has 0 spiro atoms. The number of fused-ring (bicyclic) bond motifs is 1. The Balaban J connectivity index is 0.000000609. The van der Waals surface area contributed by atoms with Crippen molar-refractivity contribution in [1.29, 1.82) is 0 Å². The molecule has 19 heteroatoms. The van der Waals surface area contributed by atoms with Gasteiger partial charge in [-0.3, -0.25) is 10.1 Å². The summed E-state index contributed by atoms with van der Waals surface area (Å²) < 4.78 is 69.3. The molecule has 1 saturated heterocycles. The van der Waals surface area contributed by atoms with E-state index in [1.807, 2.05) is 54.6 Å². The first-order chi connectivity index (χ1) is 28.9. The van der Waals surface area contributed by atoms with Gasteiger partial charge in [0.15, 0.2) is 0 Å². The number of likely N-dealkylation sites (tertiary alicyclic amines) is 1. The maximum atomic E-state index is 12.7. The third-order valence-electron chi connectivity index (χ3n) is 9.76. The molecule has 2 aliphatic heterocycles. The highest BCUT2D eigenvalue weighted by Crippen LogP contribution is 2.36. The summed E-state index contributed by atoms with van der Waals surface area (Å²) in [7, 11) is 0. The van der Waals surface area contributed by atoms with Crippen LogP contribution in [0.1, 0.15) is 81.4 Å². The molecule has 3 aromatic carbocycles. The zero-order chi connectivity index (χ0) is 45.0. The van der Waals surface area contributed by atoms with Crippen LogP contribution in [-0.4, -0.2) is 100 Å². The fraction of sp³-hybridized carbons (Fsp3) is 0.476. The highest BCUT2D eigenvalue weighted by atomic mass is 19.4. The Morgan fingerprint density at radius 3 is 1.95 bits per heavy atom. The molecule has 13 nitrogen and oxygen atoms in total. The number of carbonyl (C=O) groups is 4. The fourth-order valence-corrected chi connectivity index (χ4v) is 6.63. The summed E-state index contributed by atoms with van der Waals surface area (Å²) >= 11 is 0. The number of aliphatic carboxylic acids is 2. The number of carboxylic acid groups (broad SMARTS) is 2. The van der Waals surface area contributed by atoms with Gasteiger partial charge in [-0.1, -0.05) is 86.7 Å². The summed E-state index contributed by atoms with van der Waals surface area (Å²) in [5.41, 5.74) is 4.84. The normalized spacial score (nSPS) is 14.8. The van der Waals surface area contributed by atoms with Crippen LogP contribution in [0.5, 0.6) is 5.75 Å². The van der Waals surface area contributed by atoms with Crippen LogP contribution < -0.4 is 16.0 Å². The number of aliphatic hydroxyl groups excluding tert-OH is 1. The first-order valence-electron chi connectivity index (χ1n) is 19.8. The van der Waals surface area contributed by atoms with Crippen molar-refractivity contribution in [2.75, 3.05) is 43.4 Å². The number of phenols is 1. The number of para-hydroxylation sites is 1. The van der Waals surface area contributed by atoms with E-state index in [9.17, 15) is 46.1 Å². The number of piperidine rings is 1. The summed E-state index contributed by atoms with van der Waals surface area (Å²) in [5.74, 6) is -5.57. The molecule has 5 rings (SSSR count). The van der Waals surface area contributed by atoms with Crippen LogP contribution in [0.15, 0.2) is 66.7 Å². The van der Waals surface area contributed by atoms with Crippen molar-refractivity contribution < 1.29 is 70.7 Å². The number of rotatable bonds is 16. The van der Waals surface area contributed by atoms with E-state index < -0.39 is 30.4 Å². The molecular weight excluding hydrogens is 818 g/mol. The number of carbonyl (C=O) groups excluding carboxylic acids is 2. The van der Waals surface area contributed by atoms with E-state index in [1.54, 1.807) is 6.07 Å². The highest BCUT2D eigenvalue weighted by molar-refractivity contribution is 5.96. The number of nitrogens with zero attached hydrogens (tertiary/aromatic N) is 1. The Bertz CT molecular complexity index is 1830. The Morgan fingerprint density at radius 2 is 1.34 bits per heavy atom. The number of amides is 2. The minimum Gasteiger partial charge on any atom is -0.506 e. The molecule has 0 aliphatic carbocycles. The molecule has 2 amide bonds. The minimum absolute atomic E-state index is 0.0461. The van der Waals surface area contributed by atoms with Crippen LogP contribution >= 0.6 is 0 Å². The Labute approximate surface area is 349 Å². The fourth-order valence-electron chi connectivity index (χ4n) is 6.63. The van der Waals surface area contributed by atoms with E-state index in [-0.39, 0.29) is 23.9 Å². The van der Waals surface area contributed by atoms with Gasteiger partial charge in [-0.2, -0.15) is 26.3 Å². The number of hydrogen-bond donors (Lipinski definition) is 7. The van der Waals surface area contributed by atoms with Gasteiger partial charge in [0.05, 0.1) is 17.5 Å². The largest absolute Gasteiger partial charge is 0.506 e. The molecule has 1 atom stereocenters. The van der Waals surface area contributed by atoms with Crippen LogP contribution in [0.4, 0.5) is 42.5 Å². The number of ether oxygens (including phenoxy) is 1. The number of aliphatic hydroxyl groups is 1. The van der Waals surface area contributed by atoms with E-state index in [2.05, 4.69) is 20.9 Å². The van der Waals surface area contributed by atoms with Crippen molar-refractivity contribution in [2.45, 2.75) is 95.2 Å². The van der Waals surface area contributed by atoms with E-state index >= 15 is 0 Å². The van der Waals surface area contributed by atoms with Crippen LogP contribution in [0.25, 0.3) is 11.1 Å². The molecule has 2 aliphatic rings. The summed E-state index contributed by atoms with van der Waals surface area (Å²) in [5, 5.41) is 44.1. The molecule has 0 bridgehead atoms. The lowest BCUT2D eigenvalue weighted by molar-refractivity contribution is -0.193. The topological polar surface area (TPSA) is 198 Å². The van der Waals surface area contributed by atoms with Crippen molar-refractivity contribution in [1.82, 2.24) is 10.2 Å². The number of anilines is 2. The van der Waals surface area contributed by atoms with E-state index in [0.717, 1.165) is 73.4 Å². The maximum Gasteiger partial charge on any atom is 0.490 e. The van der Waals surface area contributed by atoms with Gasteiger partial charge in [-0.05, 0) is 74.0 Å². The standard InChI is InChI=1S/C38H50N4O5.2C2HF3O2/c43-34-19-17-31(32-18-20-36(45)41-37(32)34)35(44)27-39-23-11-4-2-1-3-5-12-24-42-25-21-29(22-26-42)47-38(46)40-33-16-10-9-15-30(33)28-13-7-6-8-14-28;2*3-2(4,5)1(6)7/h6-10,13-17,19,29,35,39,43-44H,1-5,11-12,18,20-27H2,(H,40,46)(H,41,45);2*(H,6,7)/t35-;;/m0../s1. The third kappa shape index (κ3) is 18.0. The Hall–Kier alpha value is -5.40. The second kappa shape index (κ2) is 24.8. The number of carboxylic acids is 2. The summed E-state index contributed by atoms with van der Waals surface area (Å²) in [4.78, 5) is 44.7. The first-order valence-corrected chi connectivity index (χ1v) is 19.8. The zero-order valence-corrected chi connectivity index (χ0v) is 33.4. The second-order valence-electron chi connectivity index (χ2n) is 14.4. The molecular formula is C42H52F6N4O9. The molecule has 3 aromatic rings. The molecule has 0 saturated carbocycles. The molecule has 336 valence electrons. The van der Waals surface area contributed by atoms with Crippen LogP contribution in [0, 0.1) is 0 Å². The average Bonchev–Trinajstić information content (AvgIpc) is 3.21. The van der Waals surface area contributed by atoms with Crippen molar-refractivity contribution in [2.24, 2.45) is 0 Å². The molecule has 1 fully saturated rings. The Kier molecular flexibility index (Phi) is 20.3. The van der Waals surface area contributed by atoms with Crippen molar-refractivity contribution >= 4 is 35.3 Å². The Morgan fingerprint density at radius 1 is 0.787 bits per heavy atom. The number of alkyl halides is 6. The SMILES string of the molecule is O=C(O)C(F)(F)F.O=C(O)C(F)(F)F.O=C1CCc2c([C@@H](O)CNCCCCCCCCCN3CCC(OC(=O)Nc4ccccc4-c4ccccc4)CC3)ccc(O)c2N1. The number of nitrogens with one attached hydrogen (secondary N) is 3. The number of unbranched alkanes of at least 4 members (excludes halogenated alkanes) is 6. The van der Waals surface area contributed by atoms with Gasteiger partial charge in [-0.25, -0.2) is 14.4 Å². The lowest BCUT2D eigenvalue weighted by Gasteiger charge is -2.31. The van der Waals surface area contributed by atoms with Gasteiger partial charge >= 0.3 is 30.4 Å². The van der Waals surface area contributed by atoms with Crippen LogP contribution in [0.2, 0.25) is 0 Å². The number of hydrogen-bond acceptors (Lipinski definition) is 9. The highest BCUT2D eigenvalue weighted by Gasteiger charge is 2.39. The summed E-state index contributed by atoms with van der Waals surface area (Å²) in [6.07, 6.45) is -0.246. The summed E-state index contributed by atoms with van der Waals surface area (Å²) in [6, 6.07) is 21.1. The lowest BCUT2D eigenvalue weighted by Crippen LogP contribution is -2.38. The second-order valence-corrected chi connectivity index (χ2v) is 14.4. The van der Waals surface area contributed by atoms with Gasteiger partial charge in [0.25, 0.3) is 0 Å². The molecule has 0 unspecified atom stereocenters. The first kappa shape index (κ1) is 50.0. The van der Waals surface area contributed by atoms with Gasteiger partial charge in [0.1, 0.15) is 11.9 Å². The smallest absolute Gasteiger partial charge is 0.490 e. The van der Waals surface area contributed by atoms with E-state index in [0.29, 0.717) is 25.1 Å². The number of benzene rings is 3. The molecule has 2 heterocycles. The van der Waals surface area contributed by atoms with Crippen molar-refractivity contribution in [3.05, 3.63) is 77.9 Å². The molecule has 7 N–H and O–H groups in total. The number of halogens is 6. The average molecular weight is 871 g/mol. The van der Waals surface area contributed by atoms with E-state index in [4.69, 9.17) is 24.5 Å². The third-order valence-corrected chi connectivity index (χ3v) is 9.76. The maximum absolute atomic E-state index is 12.7. The quantitative estimate of drug-likeness (QED) is 0.0416. The van der Waals surface area contributed by atoms with Crippen LogP contribution in [-0.2, 0) is 25.5 Å². The van der Waals surface area contributed by atoms with Gasteiger partial charge in [0.2, 0.25) is 5.91 Å². The lowest BCUT2D eigenvalue weighted by atomic mass is 9.93. The predicted octanol–water partition coefficient (Wildman–Crippen LogP) is 8.28. The molecule has 0 radical (unpaired) electrons. The van der Waals surface area contributed by atoms with Crippen molar-refractivity contribution in [3.63, 3.8) is 0 Å². The van der Waals surface area contributed by atoms with Gasteiger partial charge in [0, 0.05) is 31.6 Å². The molecule has 0 aromatic heterocycles. The summed E-state index contributed by atoms with van der Waals surface area (Å²) in [6.45, 7) is 4.34. The van der Waals surface area contributed by atoms with Crippen LogP contribution in [0.3, 0.4) is 0 Å². The monoisotopic (exact) mass is 870 g/mol. The van der Waals surface area contributed by atoms with Gasteiger partial charge in [-0.15, -0.1) is 0 Å². The predicted molar refractivity (Wildman–Crippen MR) is 214 cm³/mol. The minimum atomic E-state index is -5.08.